The second-order valence-corrected chi connectivity index (χ2v) is 5.90. The Balaban J connectivity index is 1.66. The van der Waals surface area contributed by atoms with Crippen molar-refractivity contribution in [1.29, 1.82) is 0 Å². The molecule has 0 N–H and O–H groups in total. The Labute approximate surface area is 135 Å². The summed E-state index contributed by atoms with van der Waals surface area (Å²) >= 11 is 0. The molecule has 2 aliphatic heterocycles. The van der Waals surface area contributed by atoms with Gasteiger partial charge in [-0.1, -0.05) is 18.2 Å². The summed E-state index contributed by atoms with van der Waals surface area (Å²) in [4.78, 5) is 14.8. The van der Waals surface area contributed by atoms with E-state index in [-0.39, 0.29) is 5.91 Å². The topological polar surface area (TPSA) is 38.8 Å². The fourth-order valence-electron chi connectivity index (χ4n) is 3.20. The molecule has 0 saturated carbocycles. The van der Waals surface area contributed by atoms with E-state index in [2.05, 4.69) is 6.07 Å². The van der Waals surface area contributed by atoms with Gasteiger partial charge >= 0.3 is 0 Å². The minimum absolute atomic E-state index is 0.0211. The average Bonchev–Trinajstić information content (AvgIpc) is 2.85. The van der Waals surface area contributed by atoms with Crippen molar-refractivity contribution in [3.8, 4) is 11.5 Å². The first kappa shape index (κ1) is 14.1. The van der Waals surface area contributed by atoms with Crippen LogP contribution in [0.1, 0.15) is 28.8 Å². The number of nitrogens with zero attached hydrogens (tertiary/aromatic N) is 1. The number of amides is 1. The van der Waals surface area contributed by atoms with E-state index in [4.69, 9.17) is 9.47 Å². The third-order valence-electron chi connectivity index (χ3n) is 4.35. The molecule has 4 heteroatoms. The van der Waals surface area contributed by atoms with Gasteiger partial charge in [0.15, 0.2) is 11.5 Å². The van der Waals surface area contributed by atoms with Crippen LogP contribution in [0, 0.1) is 0 Å². The minimum Gasteiger partial charge on any atom is -0.490 e. The van der Waals surface area contributed by atoms with E-state index in [0.29, 0.717) is 24.5 Å². The van der Waals surface area contributed by atoms with Crippen LogP contribution in [-0.2, 0) is 6.42 Å². The van der Waals surface area contributed by atoms with Crippen LogP contribution in [0.4, 0.5) is 5.69 Å². The standard InChI is InChI=1S/C19H19NO3/c21-19(20-10-3-6-14-5-1-2-7-16(14)20)15-8-9-17-18(13-15)23-12-4-11-22-17/h1-2,5,7-9,13H,3-4,6,10-12H2. The molecule has 2 heterocycles. The molecule has 0 aromatic heterocycles. The smallest absolute Gasteiger partial charge is 0.258 e. The molecular formula is C19H19NO3. The quantitative estimate of drug-likeness (QED) is 0.810. The molecular weight excluding hydrogens is 290 g/mol. The predicted molar refractivity (Wildman–Crippen MR) is 88.5 cm³/mol. The first-order valence-corrected chi connectivity index (χ1v) is 8.12. The average molecular weight is 309 g/mol. The number of hydrogen-bond acceptors (Lipinski definition) is 3. The fourth-order valence-corrected chi connectivity index (χ4v) is 3.20. The molecule has 1 amide bonds. The lowest BCUT2D eigenvalue weighted by Crippen LogP contribution is -2.35. The molecule has 0 fully saturated rings. The molecule has 2 aliphatic rings. The second kappa shape index (κ2) is 5.95. The highest BCUT2D eigenvalue weighted by molar-refractivity contribution is 6.07. The third kappa shape index (κ3) is 2.65. The van der Waals surface area contributed by atoms with Crippen LogP contribution < -0.4 is 14.4 Å². The molecule has 0 radical (unpaired) electrons. The first-order valence-electron chi connectivity index (χ1n) is 8.12. The highest BCUT2D eigenvalue weighted by Gasteiger charge is 2.24. The molecule has 4 rings (SSSR count). The van der Waals surface area contributed by atoms with Crippen molar-refractivity contribution in [2.45, 2.75) is 19.3 Å². The molecule has 0 unspecified atom stereocenters. The molecule has 0 spiro atoms. The summed E-state index contributed by atoms with van der Waals surface area (Å²) < 4.78 is 11.3. The van der Waals surface area contributed by atoms with Crippen molar-refractivity contribution < 1.29 is 14.3 Å². The van der Waals surface area contributed by atoms with Crippen molar-refractivity contribution in [3.05, 3.63) is 53.6 Å². The Bertz CT molecular complexity index is 741. The van der Waals surface area contributed by atoms with Gasteiger partial charge in [-0.25, -0.2) is 0 Å². The van der Waals surface area contributed by atoms with Crippen molar-refractivity contribution >= 4 is 11.6 Å². The van der Waals surface area contributed by atoms with E-state index < -0.39 is 0 Å². The first-order chi connectivity index (χ1) is 11.3. The fraction of sp³-hybridized carbons (Fsp3) is 0.316. The molecule has 0 saturated heterocycles. The summed E-state index contributed by atoms with van der Waals surface area (Å²) in [6.45, 7) is 2.03. The Kier molecular flexibility index (Phi) is 3.66. The van der Waals surface area contributed by atoms with Crippen LogP contribution in [0.15, 0.2) is 42.5 Å². The van der Waals surface area contributed by atoms with Gasteiger partial charge in [0.25, 0.3) is 5.91 Å². The largest absolute Gasteiger partial charge is 0.490 e. The summed E-state index contributed by atoms with van der Waals surface area (Å²) in [6.07, 6.45) is 2.88. The van der Waals surface area contributed by atoms with Gasteiger partial charge in [0.05, 0.1) is 13.2 Å². The van der Waals surface area contributed by atoms with Crippen molar-refractivity contribution in [2.24, 2.45) is 0 Å². The van der Waals surface area contributed by atoms with Crippen LogP contribution >= 0.6 is 0 Å². The zero-order valence-electron chi connectivity index (χ0n) is 13.0. The van der Waals surface area contributed by atoms with Gasteiger partial charge in [-0.2, -0.15) is 0 Å². The van der Waals surface area contributed by atoms with Gasteiger partial charge in [-0.3, -0.25) is 4.79 Å². The monoisotopic (exact) mass is 309 g/mol. The number of para-hydroxylation sites is 1. The van der Waals surface area contributed by atoms with Crippen molar-refractivity contribution in [3.63, 3.8) is 0 Å². The van der Waals surface area contributed by atoms with E-state index in [1.807, 2.05) is 35.2 Å². The number of carbonyl (C=O) groups is 1. The second-order valence-electron chi connectivity index (χ2n) is 5.90. The maximum atomic E-state index is 13.0. The molecule has 0 atom stereocenters. The zero-order chi connectivity index (χ0) is 15.6. The highest BCUT2D eigenvalue weighted by atomic mass is 16.5. The maximum absolute atomic E-state index is 13.0. The number of hydrogen-bond donors (Lipinski definition) is 0. The van der Waals surface area contributed by atoms with Gasteiger partial charge in [0.1, 0.15) is 0 Å². The van der Waals surface area contributed by atoms with Crippen LogP contribution in [0.5, 0.6) is 11.5 Å². The SMILES string of the molecule is O=C(c1ccc2c(c1)OCCCO2)N1CCCc2ccccc21. The Morgan fingerprint density at radius 2 is 1.78 bits per heavy atom. The number of ether oxygens (including phenoxy) is 2. The molecule has 2 aromatic carbocycles. The van der Waals surface area contributed by atoms with E-state index in [1.54, 1.807) is 6.07 Å². The number of anilines is 1. The van der Waals surface area contributed by atoms with Crippen LogP contribution in [0.25, 0.3) is 0 Å². The molecule has 4 nitrogen and oxygen atoms in total. The number of rotatable bonds is 1. The lowest BCUT2D eigenvalue weighted by atomic mass is 10.0. The van der Waals surface area contributed by atoms with Gasteiger partial charge in [0.2, 0.25) is 0 Å². The van der Waals surface area contributed by atoms with Crippen molar-refractivity contribution in [1.82, 2.24) is 0 Å². The molecule has 118 valence electrons. The Morgan fingerprint density at radius 3 is 2.70 bits per heavy atom. The molecule has 0 aliphatic carbocycles. The molecule has 2 aromatic rings. The Hall–Kier alpha value is -2.49. The summed E-state index contributed by atoms with van der Waals surface area (Å²) in [6, 6.07) is 13.6. The maximum Gasteiger partial charge on any atom is 0.258 e. The van der Waals surface area contributed by atoms with Gasteiger partial charge in [-0.15, -0.1) is 0 Å². The number of carbonyl (C=O) groups excluding carboxylic acids is 1. The van der Waals surface area contributed by atoms with Gasteiger partial charge in [-0.05, 0) is 42.7 Å². The lowest BCUT2D eigenvalue weighted by molar-refractivity contribution is 0.0984. The van der Waals surface area contributed by atoms with Crippen LogP contribution in [0.3, 0.4) is 0 Å². The lowest BCUT2D eigenvalue weighted by Gasteiger charge is -2.29. The number of aryl methyl sites for hydroxylation is 1. The summed E-state index contributed by atoms with van der Waals surface area (Å²) in [5, 5.41) is 0. The number of benzene rings is 2. The third-order valence-corrected chi connectivity index (χ3v) is 4.35. The Morgan fingerprint density at radius 1 is 0.957 bits per heavy atom. The zero-order valence-corrected chi connectivity index (χ0v) is 13.0. The van der Waals surface area contributed by atoms with E-state index in [9.17, 15) is 4.79 Å². The minimum atomic E-state index is 0.0211. The van der Waals surface area contributed by atoms with E-state index in [0.717, 1.165) is 37.2 Å². The number of fused-ring (bicyclic) bond motifs is 2. The van der Waals surface area contributed by atoms with E-state index in [1.165, 1.54) is 5.56 Å². The van der Waals surface area contributed by atoms with Crippen LogP contribution in [-0.4, -0.2) is 25.7 Å². The molecule has 23 heavy (non-hydrogen) atoms. The van der Waals surface area contributed by atoms with Gasteiger partial charge in [0, 0.05) is 24.2 Å². The van der Waals surface area contributed by atoms with Crippen LogP contribution in [0.2, 0.25) is 0 Å². The summed E-state index contributed by atoms with van der Waals surface area (Å²) in [7, 11) is 0. The molecule has 0 bridgehead atoms. The highest BCUT2D eigenvalue weighted by Crippen LogP contribution is 2.33. The van der Waals surface area contributed by atoms with Crippen molar-refractivity contribution in [2.75, 3.05) is 24.7 Å². The van der Waals surface area contributed by atoms with E-state index >= 15 is 0 Å². The summed E-state index contributed by atoms with van der Waals surface area (Å²) in [5.41, 5.74) is 2.91. The predicted octanol–water partition coefficient (Wildman–Crippen LogP) is 3.44. The van der Waals surface area contributed by atoms with Gasteiger partial charge < -0.3 is 14.4 Å². The summed E-state index contributed by atoms with van der Waals surface area (Å²) in [5.74, 6) is 1.41. The normalized spacial score (nSPS) is 16.4.